The highest BCUT2D eigenvalue weighted by molar-refractivity contribution is 5.83. The quantitative estimate of drug-likeness (QED) is 0.694. The predicted molar refractivity (Wildman–Crippen MR) is 55.2 cm³/mol. The number of nitrogens with one attached hydrogen (secondary N) is 1. The van der Waals surface area contributed by atoms with Gasteiger partial charge in [0.1, 0.15) is 0 Å². The Labute approximate surface area is 89.8 Å². The summed E-state index contributed by atoms with van der Waals surface area (Å²) in [6, 6.07) is 0. The number of carbonyl (C=O) groups is 2. The first-order valence-corrected chi connectivity index (χ1v) is 5.15. The van der Waals surface area contributed by atoms with Crippen molar-refractivity contribution in [2.45, 2.75) is 12.8 Å². The minimum Gasteiger partial charge on any atom is -0.383 e. The van der Waals surface area contributed by atoms with E-state index in [4.69, 9.17) is 4.74 Å². The van der Waals surface area contributed by atoms with E-state index >= 15 is 0 Å². The molecule has 0 bridgehead atoms. The van der Waals surface area contributed by atoms with E-state index in [9.17, 15) is 9.59 Å². The second-order valence-corrected chi connectivity index (χ2v) is 3.79. The van der Waals surface area contributed by atoms with Gasteiger partial charge in [0.15, 0.2) is 0 Å². The fourth-order valence-corrected chi connectivity index (χ4v) is 1.59. The molecule has 5 nitrogen and oxygen atoms in total. The standard InChI is InChI=1S/C10H18N2O3/c1-12(5-6-15-2)10(14)8-3-4-9(13)11-7-8/h8H,3-7H2,1-2H3,(H,11,13). The van der Waals surface area contributed by atoms with Crippen molar-refractivity contribution in [3.8, 4) is 0 Å². The number of hydrogen-bond acceptors (Lipinski definition) is 3. The molecule has 15 heavy (non-hydrogen) atoms. The van der Waals surface area contributed by atoms with Crippen molar-refractivity contribution in [2.24, 2.45) is 5.92 Å². The summed E-state index contributed by atoms with van der Waals surface area (Å²) in [5.74, 6) is 0.0650. The normalized spacial score (nSPS) is 20.9. The molecule has 2 amide bonds. The molecule has 1 N–H and O–H groups in total. The first-order chi connectivity index (χ1) is 7.15. The molecule has 0 spiro atoms. The summed E-state index contributed by atoms with van der Waals surface area (Å²) in [6.07, 6.45) is 1.11. The van der Waals surface area contributed by atoms with E-state index in [1.54, 1.807) is 19.1 Å². The molecular weight excluding hydrogens is 196 g/mol. The number of likely N-dealkylation sites (N-methyl/N-ethyl adjacent to an activating group) is 1. The molecule has 1 aliphatic rings. The second kappa shape index (κ2) is 5.70. The van der Waals surface area contributed by atoms with Crippen molar-refractivity contribution in [2.75, 3.05) is 33.9 Å². The van der Waals surface area contributed by atoms with Crippen LogP contribution >= 0.6 is 0 Å². The molecule has 0 aromatic carbocycles. The summed E-state index contributed by atoms with van der Waals surface area (Å²) in [6.45, 7) is 1.61. The third-order valence-electron chi connectivity index (χ3n) is 2.62. The Hall–Kier alpha value is -1.10. The topological polar surface area (TPSA) is 58.6 Å². The lowest BCUT2D eigenvalue weighted by atomic mass is 9.98. The first-order valence-electron chi connectivity index (χ1n) is 5.15. The highest BCUT2D eigenvalue weighted by Gasteiger charge is 2.26. The van der Waals surface area contributed by atoms with E-state index < -0.39 is 0 Å². The van der Waals surface area contributed by atoms with Crippen LogP contribution in [0.5, 0.6) is 0 Å². The van der Waals surface area contributed by atoms with Gasteiger partial charge in [0, 0.05) is 33.7 Å². The van der Waals surface area contributed by atoms with Gasteiger partial charge in [0.2, 0.25) is 11.8 Å². The summed E-state index contributed by atoms with van der Waals surface area (Å²) < 4.78 is 4.90. The molecule has 1 heterocycles. The maximum Gasteiger partial charge on any atom is 0.227 e. The smallest absolute Gasteiger partial charge is 0.227 e. The molecule has 1 atom stereocenters. The molecule has 0 saturated carbocycles. The molecule has 0 aromatic heterocycles. The Balaban J connectivity index is 2.35. The van der Waals surface area contributed by atoms with Crippen LogP contribution in [0, 0.1) is 5.92 Å². The summed E-state index contributed by atoms with van der Waals surface area (Å²) in [5.41, 5.74) is 0. The number of hydrogen-bond donors (Lipinski definition) is 1. The van der Waals surface area contributed by atoms with Gasteiger partial charge >= 0.3 is 0 Å². The lowest BCUT2D eigenvalue weighted by Gasteiger charge is -2.26. The molecule has 1 aliphatic heterocycles. The van der Waals surface area contributed by atoms with Crippen molar-refractivity contribution in [1.82, 2.24) is 10.2 Å². The molecule has 0 radical (unpaired) electrons. The zero-order valence-electron chi connectivity index (χ0n) is 9.28. The van der Waals surface area contributed by atoms with Crippen LogP contribution in [0.1, 0.15) is 12.8 Å². The van der Waals surface area contributed by atoms with Crippen molar-refractivity contribution in [3.05, 3.63) is 0 Å². The monoisotopic (exact) mass is 214 g/mol. The molecule has 1 unspecified atom stereocenters. The van der Waals surface area contributed by atoms with Gasteiger partial charge in [-0.1, -0.05) is 0 Å². The van der Waals surface area contributed by atoms with E-state index in [1.807, 2.05) is 0 Å². The van der Waals surface area contributed by atoms with Crippen LogP contribution in [0.3, 0.4) is 0 Å². The van der Waals surface area contributed by atoms with E-state index in [0.29, 0.717) is 32.5 Å². The van der Waals surface area contributed by atoms with Crippen molar-refractivity contribution < 1.29 is 14.3 Å². The molecule has 5 heteroatoms. The number of nitrogens with zero attached hydrogens (tertiary/aromatic N) is 1. The summed E-state index contributed by atoms with van der Waals surface area (Å²) in [7, 11) is 3.37. The van der Waals surface area contributed by atoms with Crippen molar-refractivity contribution >= 4 is 11.8 Å². The Bertz CT molecular complexity index is 233. The second-order valence-electron chi connectivity index (χ2n) is 3.79. The molecule has 1 rings (SSSR count). The van der Waals surface area contributed by atoms with Gasteiger partial charge in [-0.3, -0.25) is 9.59 Å². The Morgan fingerprint density at radius 2 is 2.40 bits per heavy atom. The summed E-state index contributed by atoms with van der Waals surface area (Å²) in [4.78, 5) is 24.4. The van der Waals surface area contributed by atoms with Gasteiger partial charge in [0.05, 0.1) is 12.5 Å². The Morgan fingerprint density at radius 3 is 2.93 bits per heavy atom. The molecule has 86 valence electrons. The Kier molecular flexibility index (Phi) is 4.55. The summed E-state index contributed by atoms with van der Waals surface area (Å²) in [5, 5.41) is 2.71. The minimum absolute atomic E-state index is 0.0404. The molecular formula is C10H18N2O3. The van der Waals surface area contributed by atoms with Crippen LogP contribution in [0.2, 0.25) is 0 Å². The average Bonchev–Trinajstić information content (AvgIpc) is 2.26. The molecule has 0 aromatic rings. The van der Waals surface area contributed by atoms with Gasteiger partial charge in [-0.25, -0.2) is 0 Å². The van der Waals surface area contributed by atoms with Gasteiger partial charge in [-0.2, -0.15) is 0 Å². The maximum atomic E-state index is 11.8. The largest absolute Gasteiger partial charge is 0.383 e. The van der Waals surface area contributed by atoms with Crippen LogP contribution < -0.4 is 5.32 Å². The third kappa shape index (κ3) is 3.51. The van der Waals surface area contributed by atoms with E-state index in [0.717, 1.165) is 0 Å². The van der Waals surface area contributed by atoms with Gasteiger partial charge in [0.25, 0.3) is 0 Å². The number of ether oxygens (including phenoxy) is 1. The lowest BCUT2D eigenvalue weighted by molar-refractivity contribution is -0.136. The highest BCUT2D eigenvalue weighted by Crippen LogP contribution is 2.13. The number of methoxy groups -OCH3 is 1. The fourth-order valence-electron chi connectivity index (χ4n) is 1.59. The van der Waals surface area contributed by atoms with Gasteiger partial charge < -0.3 is 15.0 Å². The van der Waals surface area contributed by atoms with Crippen LogP contribution in [-0.4, -0.2) is 50.6 Å². The van der Waals surface area contributed by atoms with Crippen LogP contribution in [-0.2, 0) is 14.3 Å². The number of carbonyl (C=O) groups excluding carboxylic acids is 2. The number of rotatable bonds is 4. The van der Waals surface area contributed by atoms with E-state index in [-0.39, 0.29) is 17.7 Å². The summed E-state index contributed by atoms with van der Waals surface area (Å²) >= 11 is 0. The minimum atomic E-state index is -0.0652. The molecule has 0 aliphatic carbocycles. The number of amides is 2. The van der Waals surface area contributed by atoms with Crippen LogP contribution in [0.4, 0.5) is 0 Å². The zero-order chi connectivity index (χ0) is 11.3. The fraction of sp³-hybridized carbons (Fsp3) is 0.800. The maximum absolute atomic E-state index is 11.8. The van der Waals surface area contributed by atoms with Crippen LogP contribution in [0.25, 0.3) is 0 Å². The van der Waals surface area contributed by atoms with E-state index in [1.165, 1.54) is 0 Å². The average molecular weight is 214 g/mol. The Morgan fingerprint density at radius 1 is 1.67 bits per heavy atom. The third-order valence-corrected chi connectivity index (χ3v) is 2.62. The molecule has 1 saturated heterocycles. The number of piperidine rings is 1. The highest BCUT2D eigenvalue weighted by atomic mass is 16.5. The predicted octanol–water partition coefficient (Wildman–Crippen LogP) is -0.383. The SMILES string of the molecule is COCCN(C)C(=O)C1CCC(=O)NC1. The lowest BCUT2D eigenvalue weighted by Crippen LogP contribution is -2.44. The zero-order valence-corrected chi connectivity index (χ0v) is 9.28. The van der Waals surface area contributed by atoms with E-state index in [2.05, 4.69) is 5.32 Å². The molecule has 1 fully saturated rings. The van der Waals surface area contributed by atoms with Crippen molar-refractivity contribution in [1.29, 1.82) is 0 Å². The van der Waals surface area contributed by atoms with Gasteiger partial charge in [-0.15, -0.1) is 0 Å². The van der Waals surface area contributed by atoms with Gasteiger partial charge in [-0.05, 0) is 6.42 Å². The first kappa shape index (κ1) is 12.0. The van der Waals surface area contributed by atoms with Crippen LogP contribution in [0.15, 0.2) is 0 Å². The van der Waals surface area contributed by atoms with Crippen molar-refractivity contribution in [3.63, 3.8) is 0 Å².